The van der Waals surface area contributed by atoms with E-state index in [9.17, 15) is 8.42 Å². The molecule has 0 unspecified atom stereocenters. The van der Waals surface area contributed by atoms with E-state index in [4.69, 9.17) is 5.73 Å². The maximum Gasteiger partial charge on any atom is 0.242 e. The number of nitrogen functional groups attached to an aromatic ring is 1. The summed E-state index contributed by atoms with van der Waals surface area (Å²) in [5, 5.41) is 3.11. The first-order valence-electron chi connectivity index (χ1n) is 6.37. The van der Waals surface area contributed by atoms with Gasteiger partial charge in [-0.15, -0.1) is 0 Å². The summed E-state index contributed by atoms with van der Waals surface area (Å²) in [6.07, 6.45) is 1.70. The van der Waals surface area contributed by atoms with Crippen LogP contribution in [0.4, 0.5) is 11.4 Å². The molecule has 0 spiro atoms. The molecule has 1 heterocycles. The Morgan fingerprint density at radius 1 is 1.24 bits per heavy atom. The van der Waals surface area contributed by atoms with Crippen molar-refractivity contribution in [3.05, 3.63) is 48.3 Å². The lowest BCUT2D eigenvalue weighted by molar-refractivity contribution is 0.521. The van der Waals surface area contributed by atoms with E-state index in [1.165, 1.54) is 30.5 Å². The molecule has 1 aromatic carbocycles. The predicted molar refractivity (Wildman–Crippen MR) is 83.3 cm³/mol. The van der Waals surface area contributed by atoms with Crippen molar-refractivity contribution in [1.82, 2.24) is 9.29 Å². The molecule has 0 saturated carbocycles. The average molecular weight is 306 g/mol. The molecule has 3 N–H and O–H groups in total. The van der Waals surface area contributed by atoms with E-state index in [0.29, 0.717) is 17.9 Å². The zero-order valence-electron chi connectivity index (χ0n) is 11.9. The largest absolute Gasteiger partial charge is 0.397 e. The van der Waals surface area contributed by atoms with Crippen LogP contribution in [0.5, 0.6) is 0 Å². The maximum atomic E-state index is 12.1. The fraction of sp³-hybridized carbons (Fsp3) is 0.214. The van der Waals surface area contributed by atoms with Crippen molar-refractivity contribution in [2.75, 3.05) is 25.1 Å². The van der Waals surface area contributed by atoms with E-state index in [1.54, 1.807) is 12.3 Å². The van der Waals surface area contributed by atoms with E-state index in [1.807, 2.05) is 18.2 Å². The van der Waals surface area contributed by atoms with Gasteiger partial charge in [-0.2, -0.15) is 0 Å². The van der Waals surface area contributed by atoms with Crippen LogP contribution >= 0.6 is 0 Å². The number of hydrogen-bond acceptors (Lipinski definition) is 5. The van der Waals surface area contributed by atoms with E-state index in [0.717, 1.165) is 5.69 Å². The molecule has 6 nitrogen and oxygen atoms in total. The second kappa shape index (κ2) is 6.11. The summed E-state index contributed by atoms with van der Waals surface area (Å²) in [5.41, 5.74) is 7.79. The topological polar surface area (TPSA) is 88.3 Å². The fourth-order valence-electron chi connectivity index (χ4n) is 1.75. The Morgan fingerprint density at radius 3 is 2.62 bits per heavy atom. The molecule has 0 bridgehead atoms. The highest BCUT2D eigenvalue weighted by Gasteiger charge is 2.18. The molecule has 0 aliphatic heterocycles. The Morgan fingerprint density at radius 2 is 2.00 bits per heavy atom. The summed E-state index contributed by atoms with van der Waals surface area (Å²) < 4.78 is 25.4. The molecular weight excluding hydrogens is 288 g/mol. The highest BCUT2D eigenvalue weighted by molar-refractivity contribution is 7.89. The average Bonchev–Trinajstić information content (AvgIpc) is 2.47. The Labute approximate surface area is 124 Å². The van der Waals surface area contributed by atoms with Gasteiger partial charge in [0, 0.05) is 20.3 Å². The summed E-state index contributed by atoms with van der Waals surface area (Å²) in [5.74, 6) is 0. The molecule has 21 heavy (non-hydrogen) atoms. The molecule has 0 amide bonds. The first-order chi connectivity index (χ1) is 9.91. The molecule has 0 radical (unpaired) electrons. The SMILES string of the molecule is CN(C)S(=O)(=O)c1ccc(N)c(NCc2ccccn2)c1. The smallest absolute Gasteiger partial charge is 0.242 e. The zero-order valence-corrected chi connectivity index (χ0v) is 12.8. The lowest BCUT2D eigenvalue weighted by atomic mass is 10.2. The monoisotopic (exact) mass is 306 g/mol. The van der Waals surface area contributed by atoms with Crippen LogP contribution in [-0.4, -0.2) is 31.8 Å². The van der Waals surface area contributed by atoms with Gasteiger partial charge in [-0.05, 0) is 30.3 Å². The molecule has 2 aromatic rings. The maximum absolute atomic E-state index is 12.1. The Balaban J connectivity index is 2.24. The van der Waals surface area contributed by atoms with Crippen molar-refractivity contribution >= 4 is 21.4 Å². The third kappa shape index (κ3) is 3.50. The molecule has 0 fully saturated rings. The first kappa shape index (κ1) is 15.3. The van der Waals surface area contributed by atoms with Crippen LogP contribution in [0.25, 0.3) is 0 Å². The number of nitrogens with zero attached hydrogens (tertiary/aromatic N) is 2. The van der Waals surface area contributed by atoms with Crippen molar-refractivity contribution < 1.29 is 8.42 Å². The summed E-state index contributed by atoms with van der Waals surface area (Å²) in [6, 6.07) is 10.2. The van der Waals surface area contributed by atoms with Crippen LogP contribution in [0.1, 0.15) is 5.69 Å². The van der Waals surface area contributed by atoms with Crippen molar-refractivity contribution in [2.45, 2.75) is 11.4 Å². The number of sulfonamides is 1. The second-order valence-corrected chi connectivity index (χ2v) is 6.86. The molecule has 2 rings (SSSR count). The quantitative estimate of drug-likeness (QED) is 0.818. The zero-order chi connectivity index (χ0) is 15.5. The van der Waals surface area contributed by atoms with E-state index < -0.39 is 10.0 Å². The Bertz CT molecular complexity index is 715. The molecule has 7 heteroatoms. The van der Waals surface area contributed by atoms with Gasteiger partial charge in [-0.3, -0.25) is 4.98 Å². The van der Waals surface area contributed by atoms with Crippen LogP contribution in [0.2, 0.25) is 0 Å². The van der Waals surface area contributed by atoms with E-state index >= 15 is 0 Å². The van der Waals surface area contributed by atoms with Crippen LogP contribution in [0, 0.1) is 0 Å². The third-order valence-corrected chi connectivity index (χ3v) is 4.80. The van der Waals surface area contributed by atoms with Crippen LogP contribution in [0.15, 0.2) is 47.5 Å². The highest BCUT2D eigenvalue weighted by Crippen LogP contribution is 2.24. The molecule has 0 atom stereocenters. The van der Waals surface area contributed by atoms with Crippen LogP contribution in [-0.2, 0) is 16.6 Å². The second-order valence-electron chi connectivity index (χ2n) is 4.71. The molecule has 0 aliphatic rings. The number of nitrogens with two attached hydrogens (primary N) is 1. The van der Waals surface area contributed by atoms with Gasteiger partial charge in [0.1, 0.15) is 0 Å². The lowest BCUT2D eigenvalue weighted by Gasteiger charge is -2.14. The van der Waals surface area contributed by atoms with E-state index in [-0.39, 0.29) is 4.90 Å². The molecule has 1 aromatic heterocycles. The number of pyridine rings is 1. The van der Waals surface area contributed by atoms with Crippen molar-refractivity contribution in [2.24, 2.45) is 0 Å². The van der Waals surface area contributed by atoms with E-state index in [2.05, 4.69) is 10.3 Å². The lowest BCUT2D eigenvalue weighted by Crippen LogP contribution is -2.22. The molecule has 0 saturated heterocycles. The van der Waals surface area contributed by atoms with Gasteiger partial charge in [0.2, 0.25) is 10.0 Å². The van der Waals surface area contributed by atoms with Gasteiger partial charge in [-0.25, -0.2) is 12.7 Å². The number of nitrogens with one attached hydrogen (secondary N) is 1. The van der Waals surface area contributed by atoms with Crippen LogP contribution in [0.3, 0.4) is 0 Å². The minimum absolute atomic E-state index is 0.199. The summed E-state index contributed by atoms with van der Waals surface area (Å²) in [7, 11) is -0.491. The Kier molecular flexibility index (Phi) is 4.44. The van der Waals surface area contributed by atoms with Gasteiger partial charge in [0.05, 0.1) is 28.5 Å². The van der Waals surface area contributed by atoms with Gasteiger partial charge in [-0.1, -0.05) is 6.07 Å². The number of rotatable bonds is 5. The first-order valence-corrected chi connectivity index (χ1v) is 7.81. The predicted octanol–water partition coefficient (Wildman–Crippen LogP) is 1.53. The highest BCUT2D eigenvalue weighted by atomic mass is 32.2. The normalized spacial score (nSPS) is 11.6. The van der Waals surface area contributed by atoms with Gasteiger partial charge < -0.3 is 11.1 Å². The van der Waals surface area contributed by atoms with Gasteiger partial charge in [0.25, 0.3) is 0 Å². The number of hydrogen-bond donors (Lipinski definition) is 2. The number of aromatic nitrogens is 1. The molecule has 0 aliphatic carbocycles. The summed E-state index contributed by atoms with van der Waals surface area (Å²) in [6.45, 7) is 0.469. The van der Waals surface area contributed by atoms with Crippen LogP contribution < -0.4 is 11.1 Å². The Hall–Kier alpha value is -2.12. The van der Waals surface area contributed by atoms with Gasteiger partial charge >= 0.3 is 0 Å². The van der Waals surface area contributed by atoms with Crippen molar-refractivity contribution in [3.63, 3.8) is 0 Å². The minimum Gasteiger partial charge on any atom is -0.397 e. The third-order valence-electron chi connectivity index (χ3n) is 2.99. The van der Waals surface area contributed by atoms with Gasteiger partial charge in [0.15, 0.2) is 0 Å². The summed E-state index contributed by atoms with van der Waals surface area (Å²) in [4.78, 5) is 4.39. The number of anilines is 2. The summed E-state index contributed by atoms with van der Waals surface area (Å²) >= 11 is 0. The van der Waals surface area contributed by atoms with Crippen molar-refractivity contribution in [3.8, 4) is 0 Å². The van der Waals surface area contributed by atoms with Crippen molar-refractivity contribution in [1.29, 1.82) is 0 Å². The molecular formula is C14H18N4O2S. The minimum atomic E-state index is -3.48. The fourth-order valence-corrected chi connectivity index (χ4v) is 2.68. The number of benzene rings is 1. The molecule has 112 valence electrons. The standard InChI is InChI=1S/C14H18N4O2S/c1-18(2)21(19,20)12-6-7-13(15)14(9-12)17-10-11-5-3-4-8-16-11/h3-9,17H,10,15H2,1-2H3.